The van der Waals surface area contributed by atoms with E-state index < -0.39 is 53.8 Å². The predicted octanol–water partition coefficient (Wildman–Crippen LogP) is 0.0147. The van der Waals surface area contributed by atoms with E-state index in [0.717, 1.165) is 22.0 Å². The molecule has 218 valence electrons. The lowest BCUT2D eigenvalue weighted by atomic mass is 10.0. The van der Waals surface area contributed by atoms with Crippen LogP contribution in [0.5, 0.6) is 0 Å². The molecule has 0 aliphatic heterocycles. The Morgan fingerprint density at radius 2 is 1.44 bits per heavy atom. The Hall–Kier alpha value is -4.36. The minimum absolute atomic E-state index is 0.107. The normalized spacial score (nSPS) is 13.9. The van der Waals surface area contributed by atoms with Crippen molar-refractivity contribution in [3.63, 3.8) is 0 Å². The summed E-state index contributed by atoms with van der Waals surface area (Å²) in [5.41, 5.74) is 13.8. The number of fused-ring (bicyclic) bond motifs is 1. The van der Waals surface area contributed by atoms with Crippen LogP contribution in [-0.4, -0.2) is 69.6 Å². The highest BCUT2D eigenvalue weighted by atomic mass is 32.1. The number of primary amides is 1. The van der Waals surface area contributed by atoms with Gasteiger partial charge in [0.2, 0.25) is 23.6 Å². The molecule has 0 bridgehead atoms. The highest BCUT2D eigenvalue weighted by Crippen LogP contribution is 2.19. The topological polar surface area (TPSA) is 209 Å². The second-order valence-electron chi connectivity index (χ2n) is 9.57. The maximum atomic E-state index is 13.3. The molecule has 2 aromatic carbocycles. The number of carboxylic acid groups (broad SMARTS) is 1. The maximum absolute atomic E-state index is 13.3. The number of nitrogens with two attached hydrogens (primary N) is 2. The average Bonchev–Trinajstić information content (AvgIpc) is 3.36. The van der Waals surface area contributed by atoms with Crippen LogP contribution in [0.1, 0.15) is 24.0 Å². The number of aliphatic carboxylic acids is 1. The number of aromatic amines is 1. The summed E-state index contributed by atoms with van der Waals surface area (Å²) in [7, 11) is 0. The summed E-state index contributed by atoms with van der Waals surface area (Å²) >= 11 is 4.13. The molecule has 0 spiro atoms. The monoisotopic (exact) mass is 582 g/mol. The third kappa shape index (κ3) is 9.08. The number of carbonyl (C=O) groups excluding carboxylic acids is 4. The van der Waals surface area contributed by atoms with Crippen molar-refractivity contribution in [1.82, 2.24) is 20.9 Å². The van der Waals surface area contributed by atoms with Crippen LogP contribution >= 0.6 is 12.6 Å². The largest absolute Gasteiger partial charge is 0.480 e. The Balaban J connectivity index is 1.71. The smallest absolute Gasteiger partial charge is 0.326 e. The molecule has 9 N–H and O–H groups in total. The molecule has 4 atom stereocenters. The van der Waals surface area contributed by atoms with Crippen molar-refractivity contribution in [3.05, 3.63) is 71.9 Å². The van der Waals surface area contributed by atoms with Gasteiger partial charge in [-0.1, -0.05) is 48.5 Å². The van der Waals surface area contributed by atoms with Crippen molar-refractivity contribution in [1.29, 1.82) is 0 Å². The third-order valence-electron chi connectivity index (χ3n) is 6.48. The van der Waals surface area contributed by atoms with Gasteiger partial charge in [0.25, 0.3) is 0 Å². The SMILES string of the molecule is NC(=O)CCC(NC(=O)C(CS)NC(=O)C(Cc1ccccc1)NC(=O)C(N)Cc1c[nH]c2ccccc12)C(=O)O. The zero-order chi connectivity index (χ0) is 29.9. The first-order valence-corrected chi connectivity index (χ1v) is 13.6. The van der Waals surface area contributed by atoms with Crippen molar-refractivity contribution in [3.8, 4) is 0 Å². The predicted molar refractivity (Wildman–Crippen MR) is 156 cm³/mol. The quantitative estimate of drug-likeness (QED) is 0.115. The number of thiol groups is 1. The van der Waals surface area contributed by atoms with E-state index in [1.165, 1.54) is 0 Å². The average molecular weight is 583 g/mol. The van der Waals surface area contributed by atoms with Gasteiger partial charge in [-0.15, -0.1) is 0 Å². The number of benzene rings is 2. The Bertz CT molecular complexity index is 1380. The summed E-state index contributed by atoms with van der Waals surface area (Å²) in [6.07, 6.45) is 1.65. The van der Waals surface area contributed by atoms with E-state index in [4.69, 9.17) is 11.5 Å². The Kier molecular flexibility index (Phi) is 11.3. The molecule has 4 amide bonds. The van der Waals surface area contributed by atoms with Crippen molar-refractivity contribution in [2.24, 2.45) is 11.5 Å². The molecule has 1 heterocycles. The number of amides is 4. The second kappa shape index (κ2) is 14.9. The van der Waals surface area contributed by atoms with Gasteiger partial charge in [-0.2, -0.15) is 12.6 Å². The van der Waals surface area contributed by atoms with Gasteiger partial charge in [0.1, 0.15) is 18.1 Å². The van der Waals surface area contributed by atoms with E-state index in [0.29, 0.717) is 0 Å². The van der Waals surface area contributed by atoms with Crippen LogP contribution in [0, 0.1) is 0 Å². The fourth-order valence-electron chi connectivity index (χ4n) is 4.25. The Morgan fingerprint density at radius 1 is 0.829 bits per heavy atom. The molecular formula is C28H34N6O6S. The van der Waals surface area contributed by atoms with Gasteiger partial charge in [-0.25, -0.2) is 4.79 Å². The van der Waals surface area contributed by atoms with E-state index in [-0.39, 0.29) is 31.4 Å². The van der Waals surface area contributed by atoms with E-state index in [2.05, 4.69) is 33.6 Å². The zero-order valence-electron chi connectivity index (χ0n) is 22.2. The maximum Gasteiger partial charge on any atom is 0.326 e. The van der Waals surface area contributed by atoms with Gasteiger partial charge < -0.3 is 37.5 Å². The van der Waals surface area contributed by atoms with Crippen molar-refractivity contribution >= 4 is 53.1 Å². The zero-order valence-corrected chi connectivity index (χ0v) is 23.1. The standard InChI is InChI=1S/C28H34N6O6S/c29-19(13-17-14-31-20-9-5-4-8-18(17)20)25(36)33-22(12-16-6-2-1-3-7-16)26(37)34-23(15-41)27(38)32-21(28(39)40)10-11-24(30)35/h1-9,14,19,21-23,31,41H,10-13,15,29H2,(H2,30,35)(H,32,38)(H,33,36)(H,34,37)(H,39,40). The van der Waals surface area contributed by atoms with Crippen molar-refractivity contribution in [2.45, 2.75) is 49.9 Å². The molecule has 0 aliphatic rings. The summed E-state index contributed by atoms with van der Waals surface area (Å²) in [5.74, 6) is -4.29. The summed E-state index contributed by atoms with van der Waals surface area (Å²) in [6, 6.07) is 11.9. The number of carboxylic acids is 1. The number of nitrogens with one attached hydrogen (secondary N) is 4. The molecule has 3 rings (SSSR count). The number of hydrogen-bond acceptors (Lipinski definition) is 7. The highest BCUT2D eigenvalue weighted by molar-refractivity contribution is 7.80. The van der Waals surface area contributed by atoms with E-state index in [1.807, 2.05) is 30.3 Å². The minimum Gasteiger partial charge on any atom is -0.480 e. The van der Waals surface area contributed by atoms with Gasteiger partial charge >= 0.3 is 5.97 Å². The van der Waals surface area contributed by atoms with Crippen LogP contribution in [0.2, 0.25) is 0 Å². The van der Waals surface area contributed by atoms with E-state index >= 15 is 0 Å². The first-order chi connectivity index (χ1) is 19.6. The second-order valence-corrected chi connectivity index (χ2v) is 9.93. The number of hydrogen-bond donors (Lipinski definition) is 8. The molecule has 0 fully saturated rings. The Labute approximate surface area is 242 Å². The molecular weight excluding hydrogens is 548 g/mol. The number of carbonyl (C=O) groups is 5. The molecule has 41 heavy (non-hydrogen) atoms. The van der Waals surface area contributed by atoms with Crippen LogP contribution < -0.4 is 27.4 Å². The van der Waals surface area contributed by atoms with Gasteiger partial charge in [0.15, 0.2) is 0 Å². The van der Waals surface area contributed by atoms with Gasteiger partial charge in [0.05, 0.1) is 6.04 Å². The Morgan fingerprint density at radius 3 is 2.10 bits per heavy atom. The lowest BCUT2D eigenvalue weighted by molar-refractivity contribution is -0.142. The third-order valence-corrected chi connectivity index (χ3v) is 6.84. The van der Waals surface area contributed by atoms with Gasteiger partial charge in [0, 0.05) is 35.7 Å². The molecule has 0 saturated heterocycles. The first kappa shape index (κ1) is 31.2. The highest BCUT2D eigenvalue weighted by Gasteiger charge is 2.30. The fourth-order valence-corrected chi connectivity index (χ4v) is 4.51. The molecule has 0 saturated carbocycles. The number of aromatic nitrogens is 1. The number of rotatable bonds is 15. The lowest BCUT2D eigenvalue weighted by Gasteiger charge is -2.24. The summed E-state index contributed by atoms with van der Waals surface area (Å²) in [6.45, 7) is 0. The van der Waals surface area contributed by atoms with Crippen LogP contribution in [-0.2, 0) is 36.8 Å². The van der Waals surface area contributed by atoms with Gasteiger partial charge in [-0.05, 0) is 30.0 Å². The van der Waals surface area contributed by atoms with Crippen LogP contribution in [0.3, 0.4) is 0 Å². The molecule has 3 aromatic rings. The van der Waals surface area contributed by atoms with Crippen LogP contribution in [0.15, 0.2) is 60.8 Å². The molecule has 1 aromatic heterocycles. The lowest BCUT2D eigenvalue weighted by Crippen LogP contribution is -2.58. The fraction of sp³-hybridized carbons (Fsp3) is 0.321. The molecule has 12 nitrogen and oxygen atoms in total. The molecule has 13 heteroatoms. The number of H-pyrrole nitrogens is 1. The van der Waals surface area contributed by atoms with Crippen molar-refractivity contribution in [2.75, 3.05) is 5.75 Å². The molecule has 4 unspecified atom stereocenters. The summed E-state index contributed by atoms with van der Waals surface area (Å²) < 4.78 is 0. The van der Waals surface area contributed by atoms with Crippen molar-refractivity contribution < 1.29 is 29.1 Å². The van der Waals surface area contributed by atoms with Crippen LogP contribution in [0.4, 0.5) is 0 Å². The first-order valence-electron chi connectivity index (χ1n) is 13.0. The number of para-hydroxylation sites is 1. The minimum atomic E-state index is -1.39. The van der Waals surface area contributed by atoms with E-state index in [9.17, 15) is 29.1 Å². The summed E-state index contributed by atoms with van der Waals surface area (Å²) in [5, 5.41) is 17.9. The molecule has 0 radical (unpaired) electrons. The van der Waals surface area contributed by atoms with Gasteiger partial charge in [-0.3, -0.25) is 19.2 Å². The molecule has 0 aliphatic carbocycles. The van der Waals surface area contributed by atoms with Crippen LogP contribution in [0.25, 0.3) is 10.9 Å². The summed E-state index contributed by atoms with van der Waals surface area (Å²) in [4.78, 5) is 65.0. The van der Waals surface area contributed by atoms with E-state index in [1.54, 1.807) is 30.5 Å².